The molecule has 1 heterocycles. The van der Waals surface area contributed by atoms with E-state index in [9.17, 15) is 13.2 Å². The number of H-pyrrole nitrogens is 1. The molecule has 0 saturated heterocycles. The Morgan fingerprint density at radius 3 is 2.86 bits per heavy atom. The number of carbonyl (C=O) groups is 1. The van der Waals surface area contributed by atoms with E-state index in [0.29, 0.717) is 0 Å². The number of nitrogens with zero attached hydrogens (tertiary/aromatic N) is 1. The third-order valence-corrected chi connectivity index (χ3v) is 3.09. The first-order valence-electron chi connectivity index (χ1n) is 3.41. The maximum atomic E-state index is 10.9. The fraction of sp³-hybridized carbons (Fsp3) is 0.200. The summed E-state index contributed by atoms with van der Waals surface area (Å²) in [4.78, 5) is 10.8. The lowest BCUT2D eigenvalue weighted by Crippen LogP contribution is -2.15. The normalized spacial score (nSPS) is 11.3. The Bertz CT molecular complexity index is 438. The fourth-order valence-corrected chi connectivity index (χ4v) is 2.15. The Balaban J connectivity index is 2.89. The molecule has 78 valence electrons. The van der Waals surface area contributed by atoms with E-state index in [1.165, 1.54) is 13.1 Å². The number of amides is 1. The largest absolute Gasteiger partial charge is 0.296 e. The summed E-state index contributed by atoms with van der Waals surface area (Å²) in [5.41, 5.74) is 0. The van der Waals surface area contributed by atoms with E-state index < -0.39 is 10.0 Å². The molecule has 0 radical (unpaired) electrons. The number of sulfonamides is 1. The van der Waals surface area contributed by atoms with E-state index in [2.05, 4.69) is 14.9 Å². The van der Waals surface area contributed by atoms with Gasteiger partial charge in [-0.05, 0) is 11.9 Å². The fourth-order valence-electron chi connectivity index (χ4n) is 0.667. The molecule has 0 aliphatic heterocycles. The number of hydrogen-bond donors (Lipinski definition) is 3. The highest BCUT2D eigenvalue weighted by Gasteiger charge is 2.16. The number of rotatable bonds is 3. The third-order valence-electron chi connectivity index (χ3n) is 1.16. The van der Waals surface area contributed by atoms with Crippen LogP contribution in [0.25, 0.3) is 0 Å². The Kier molecular flexibility index (Phi) is 3.13. The van der Waals surface area contributed by atoms with Gasteiger partial charge in [-0.15, -0.1) is 0 Å². The zero-order valence-corrected chi connectivity index (χ0v) is 8.78. The number of hydrogen-bond acceptors (Lipinski definition) is 5. The van der Waals surface area contributed by atoms with Gasteiger partial charge in [-0.1, -0.05) is 0 Å². The third kappa shape index (κ3) is 2.72. The van der Waals surface area contributed by atoms with Crippen molar-refractivity contribution < 1.29 is 13.2 Å². The molecule has 0 spiro atoms. The molecule has 4 N–H and O–H groups in total. The van der Waals surface area contributed by atoms with Gasteiger partial charge in [0.1, 0.15) is 0 Å². The summed E-state index contributed by atoms with van der Waals surface area (Å²) in [6.07, 6.45) is 1.26. The number of aromatic amines is 1. The van der Waals surface area contributed by atoms with Crippen LogP contribution < -0.4 is 9.86 Å². The first kappa shape index (κ1) is 11.0. The number of carbonyl (C=O) groups excluding carboxylic acids is 1. The lowest BCUT2D eigenvalue weighted by Gasteiger charge is -1.99. The molecule has 1 aromatic heterocycles. The van der Waals surface area contributed by atoms with E-state index in [1.807, 2.05) is 0 Å². The zero-order chi connectivity index (χ0) is 10.8. The molecule has 1 aromatic rings. The van der Waals surface area contributed by atoms with Gasteiger partial charge in [-0.25, -0.2) is 13.6 Å². The molecule has 0 aliphatic carbocycles. The van der Waals surface area contributed by atoms with Crippen LogP contribution in [-0.2, 0) is 14.8 Å². The number of nitrogens with one attached hydrogen (secondary N) is 2. The molecule has 1 amide bonds. The molecule has 7 nitrogen and oxygen atoms in total. The first-order chi connectivity index (χ1) is 6.41. The van der Waals surface area contributed by atoms with Crippen molar-refractivity contribution in [3.8, 4) is 0 Å². The van der Waals surface area contributed by atoms with Gasteiger partial charge >= 0.3 is 0 Å². The average Bonchev–Trinajstić information content (AvgIpc) is 2.46. The van der Waals surface area contributed by atoms with Gasteiger partial charge in [0.05, 0.1) is 11.1 Å². The van der Waals surface area contributed by atoms with Gasteiger partial charge in [-0.3, -0.25) is 14.6 Å². The molecular formula is C5H8N4O3S2. The van der Waals surface area contributed by atoms with Gasteiger partial charge < -0.3 is 0 Å². The summed E-state index contributed by atoms with van der Waals surface area (Å²) in [6, 6.07) is 0. The van der Waals surface area contributed by atoms with Gasteiger partial charge in [-0.2, -0.15) is 5.10 Å². The van der Waals surface area contributed by atoms with Gasteiger partial charge in [0.25, 0.3) is 10.0 Å². The highest BCUT2D eigenvalue weighted by Crippen LogP contribution is 2.20. The smallest absolute Gasteiger partial charge is 0.256 e. The van der Waals surface area contributed by atoms with Crippen LogP contribution in [0.5, 0.6) is 0 Å². The quantitative estimate of drug-likeness (QED) is 0.594. The molecule has 9 heteroatoms. The lowest BCUT2D eigenvalue weighted by atomic mass is 10.7. The molecule has 0 fully saturated rings. The summed E-state index contributed by atoms with van der Waals surface area (Å²) in [5, 5.41) is 10.4. The Hall–Kier alpha value is -1.06. The SMILES string of the molecule is CC(=O)NSc1cn[nH]c1S(N)(=O)=O. The summed E-state index contributed by atoms with van der Waals surface area (Å²) in [6.45, 7) is 1.31. The molecular weight excluding hydrogens is 228 g/mol. The molecule has 14 heavy (non-hydrogen) atoms. The lowest BCUT2D eigenvalue weighted by molar-refractivity contribution is -0.117. The Morgan fingerprint density at radius 1 is 1.71 bits per heavy atom. The van der Waals surface area contributed by atoms with E-state index in [-0.39, 0.29) is 15.8 Å². The number of nitrogens with two attached hydrogens (primary N) is 1. The second-order valence-electron chi connectivity index (χ2n) is 2.37. The van der Waals surface area contributed by atoms with Gasteiger partial charge in [0, 0.05) is 6.92 Å². The second-order valence-corrected chi connectivity index (χ2v) is 4.72. The van der Waals surface area contributed by atoms with Gasteiger partial charge in [0.2, 0.25) is 5.91 Å². The summed E-state index contributed by atoms with van der Waals surface area (Å²) in [5.74, 6) is -0.295. The minimum Gasteiger partial charge on any atom is -0.296 e. The van der Waals surface area contributed by atoms with Crippen LogP contribution in [-0.4, -0.2) is 24.5 Å². The van der Waals surface area contributed by atoms with E-state index >= 15 is 0 Å². The molecule has 0 saturated carbocycles. The topological polar surface area (TPSA) is 118 Å². The second kappa shape index (κ2) is 3.98. The van der Waals surface area contributed by atoms with Crippen molar-refractivity contribution in [2.75, 3.05) is 0 Å². The van der Waals surface area contributed by atoms with E-state index in [0.717, 1.165) is 11.9 Å². The Labute approximate surface area is 84.6 Å². The van der Waals surface area contributed by atoms with Gasteiger partial charge in [0.15, 0.2) is 5.03 Å². The van der Waals surface area contributed by atoms with Crippen LogP contribution in [0.4, 0.5) is 0 Å². The van der Waals surface area contributed by atoms with E-state index in [4.69, 9.17) is 5.14 Å². The van der Waals surface area contributed by atoms with Crippen LogP contribution in [0.15, 0.2) is 16.1 Å². The molecule has 0 bridgehead atoms. The molecule has 0 aromatic carbocycles. The highest BCUT2D eigenvalue weighted by molar-refractivity contribution is 7.98. The van der Waals surface area contributed by atoms with Crippen LogP contribution in [0.1, 0.15) is 6.92 Å². The van der Waals surface area contributed by atoms with Crippen molar-refractivity contribution in [1.82, 2.24) is 14.9 Å². The van der Waals surface area contributed by atoms with Crippen LogP contribution in [0.2, 0.25) is 0 Å². The van der Waals surface area contributed by atoms with Crippen molar-refractivity contribution in [3.63, 3.8) is 0 Å². The predicted molar refractivity (Wildman–Crippen MR) is 49.6 cm³/mol. The maximum Gasteiger partial charge on any atom is 0.256 e. The minimum atomic E-state index is -3.83. The van der Waals surface area contributed by atoms with Crippen molar-refractivity contribution in [2.24, 2.45) is 5.14 Å². The summed E-state index contributed by atoms with van der Waals surface area (Å²) in [7, 11) is -3.83. The summed E-state index contributed by atoms with van der Waals surface area (Å²) < 4.78 is 24.2. The van der Waals surface area contributed by atoms with E-state index in [1.54, 1.807) is 0 Å². The maximum absolute atomic E-state index is 10.9. The van der Waals surface area contributed by atoms with Crippen LogP contribution in [0, 0.1) is 0 Å². The molecule has 0 atom stereocenters. The zero-order valence-electron chi connectivity index (χ0n) is 7.14. The summed E-state index contributed by atoms with van der Waals surface area (Å²) >= 11 is 0.836. The predicted octanol–water partition coefficient (Wildman–Crippen LogP) is -0.800. The average molecular weight is 236 g/mol. The highest BCUT2D eigenvalue weighted by atomic mass is 32.2. The van der Waals surface area contributed by atoms with Crippen molar-refractivity contribution >= 4 is 27.9 Å². The van der Waals surface area contributed by atoms with Crippen molar-refractivity contribution in [3.05, 3.63) is 6.20 Å². The standard InChI is InChI=1S/C5H8N4O3S2/c1-3(10)9-13-4-2-7-8-5(4)14(6,11)12/h2H,1H3,(H,7,8)(H,9,10)(H2,6,11,12). The monoisotopic (exact) mass is 236 g/mol. The Morgan fingerprint density at radius 2 is 2.36 bits per heavy atom. The molecule has 0 unspecified atom stereocenters. The van der Waals surface area contributed by atoms with Crippen LogP contribution in [0.3, 0.4) is 0 Å². The van der Waals surface area contributed by atoms with Crippen molar-refractivity contribution in [1.29, 1.82) is 0 Å². The minimum absolute atomic E-state index is 0.212. The first-order valence-corrected chi connectivity index (χ1v) is 5.77. The molecule has 0 aliphatic rings. The van der Waals surface area contributed by atoms with Crippen LogP contribution >= 0.6 is 11.9 Å². The van der Waals surface area contributed by atoms with Crippen molar-refractivity contribution in [2.45, 2.75) is 16.8 Å². The number of aromatic nitrogens is 2. The molecule has 1 rings (SSSR count). The number of primary sulfonamides is 1.